The van der Waals surface area contributed by atoms with E-state index < -0.39 is 5.91 Å². The lowest BCUT2D eigenvalue weighted by atomic mass is 10.1. The third-order valence-electron chi connectivity index (χ3n) is 3.83. The molecule has 0 bridgehead atoms. The van der Waals surface area contributed by atoms with Gasteiger partial charge in [0.1, 0.15) is 5.75 Å². The minimum atomic E-state index is -0.502. The van der Waals surface area contributed by atoms with Crippen LogP contribution in [0.2, 0.25) is 0 Å². The average molecular weight is 291 g/mol. The highest BCUT2D eigenvalue weighted by molar-refractivity contribution is 5.97. The molecule has 1 fully saturated rings. The molecule has 0 radical (unpaired) electrons. The Bertz CT molecular complexity index is 539. The van der Waals surface area contributed by atoms with E-state index in [1.807, 2.05) is 0 Å². The summed E-state index contributed by atoms with van der Waals surface area (Å²) in [5.41, 5.74) is 12.0. The van der Waals surface area contributed by atoms with E-state index in [0.717, 1.165) is 25.7 Å². The normalized spacial score (nSPS) is 14.9. The number of hydrogen-bond acceptors (Lipinski definition) is 4. The summed E-state index contributed by atoms with van der Waals surface area (Å²) < 4.78 is 5.13. The second-order valence-electron chi connectivity index (χ2n) is 5.29. The van der Waals surface area contributed by atoms with E-state index in [-0.39, 0.29) is 18.5 Å². The molecule has 0 unspecified atom stereocenters. The molecule has 0 spiro atoms. The second-order valence-corrected chi connectivity index (χ2v) is 5.29. The molecule has 21 heavy (non-hydrogen) atoms. The van der Waals surface area contributed by atoms with Crippen molar-refractivity contribution in [2.75, 3.05) is 19.4 Å². The van der Waals surface area contributed by atoms with Crippen LogP contribution in [0.5, 0.6) is 5.75 Å². The number of ether oxygens (including phenoxy) is 1. The van der Waals surface area contributed by atoms with Crippen molar-refractivity contribution in [3.63, 3.8) is 0 Å². The average Bonchev–Trinajstić information content (AvgIpc) is 2.98. The Morgan fingerprint density at radius 1 is 1.33 bits per heavy atom. The first kappa shape index (κ1) is 15.2. The lowest BCUT2D eigenvalue weighted by molar-refractivity contribution is -0.119. The molecule has 0 aliphatic heterocycles. The first-order valence-corrected chi connectivity index (χ1v) is 7.05. The highest BCUT2D eigenvalue weighted by Gasteiger charge is 2.28. The third kappa shape index (κ3) is 3.45. The first-order chi connectivity index (χ1) is 10.0. The molecule has 4 N–H and O–H groups in total. The maximum Gasteiger partial charge on any atom is 0.254 e. The summed E-state index contributed by atoms with van der Waals surface area (Å²) in [6, 6.07) is 4.95. The minimum absolute atomic E-state index is 0.0593. The van der Waals surface area contributed by atoms with Crippen molar-refractivity contribution in [3.8, 4) is 5.75 Å². The summed E-state index contributed by atoms with van der Waals surface area (Å²) in [4.78, 5) is 25.5. The van der Waals surface area contributed by atoms with Gasteiger partial charge in [0.2, 0.25) is 5.91 Å². The first-order valence-electron chi connectivity index (χ1n) is 7.05. The van der Waals surface area contributed by atoms with Crippen LogP contribution in [-0.2, 0) is 4.79 Å². The molecule has 114 valence electrons. The van der Waals surface area contributed by atoms with Gasteiger partial charge in [-0.15, -0.1) is 0 Å². The van der Waals surface area contributed by atoms with Gasteiger partial charge in [0.25, 0.3) is 5.91 Å². The van der Waals surface area contributed by atoms with Crippen molar-refractivity contribution in [1.82, 2.24) is 4.90 Å². The van der Waals surface area contributed by atoms with Crippen LogP contribution in [0.3, 0.4) is 0 Å². The predicted molar refractivity (Wildman–Crippen MR) is 79.9 cm³/mol. The molecular formula is C15H21N3O3. The summed E-state index contributed by atoms with van der Waals surface area (Å²) in [5, 5.41) is 0. The van der Waals surface area contributed by atoms with E-state index >= 15 is 0 Å². The number of nitrogens with zero attached hydrogens (tertiary/aromatic N) is 1. The van der Waals surface area contributed by atoms with E-state index in [0.29, 0.717) is 17.0 Å². The lowest BCUT2D eigenvalue weighted by Crippen LogP contribution is -2.44. The summed E-state index contributed by atoms with van der Waals surface area (Å²) in [6.45, 7) is -0.0593. The number of nitrogen functional groups attached to an aromatic ring is 1. The number of methoxy groups -OCH3 is 1. The summed E-state index contributed by atoms with van der Waals surface area (Å²) >= 11 is 0. The molecule has 0 heterocycles. The van der Waals surface area contributed by atoms with E-state index in [1.165, 1.54) is 7.11 Å². The minimum Gasteiger partial charge on any atom is -0.495 e. The van der Waals surface area contributed by atoms with Gasteiger partial charge in [-0.1, -0.05) is 12.8 Å². The Morgan fingerprint density at radius 2 is 2.00 bits per heavy atom. The number of carbonyl (C=O) groups excluding carboxylic acids is 2. The molecule has 1 aromatic rings. The van der Waals surface area contributed by atoms with Gasteiger partial charge in [-0.2, -0.15) is 0 Å². The fraction of sp³-hybridized carbons (Fsp3) is 0.467. The third-order valence-corrected chi connectivity index (χ3v) is 3.83. The second kappa shape index (κ2) is 6.47. The topological polar surface area (TPSA) is 98.6 Å². The van der Waals surface area contributed by atoms with Crippen LogP contribution >= 0.6 is 0 Å². The van der Waals surface area contributed by atoms with Gasteiger partial charge in [-0.25, -0.2) is 0 Å². The van der Waals surface area contributed by atoms with Crippen LogP contribution in [0.25, 0.3) is 0 Å². The van der Waals surface area contributed by atoms with Crippen molar-refractivity contribution >= 4 is 17.5 Å². The number of anilines is 1. The zero-order valence-electron chi connectivity index (χ0n) is 12.2. The molecule has 2 rings (SSSR count). The lowest BCUT2D eigenvalue weighted by Gasteiger charge is -2.28. The van der Waals surface area contributed by atoms with Crippen LogP contribution in [0, 0.1) is 0 Å². The van der Waals surface area contributed by atoms with Crippen molar-refractivity contribution in [2.45, 2.75) is 31.7 Å². The zero-order chi connectivity index (χ0) is 15.4. The Balaban J connectivity index is 2.26. The molecule has 0 atom stereocenters. The fourth-order valence-electron chi connectivity index (χ4n) is 2.76. The SMILES string of the molecule is COc1cc(C(=O)N(CC(N)=O)C2CCCC2)ccc1N. The quantitative estimate of drug-likeness (QED) is 0.795. The van der Waals surface area contributed by atoms with E-state index in [2.05, 4.69) is 0 Å². The van der Waals surface area contributed by atoms with Crippen molar-refractivity contribution < 1.29 is 14.3 Å². The molecule has 1 saturated carbocycles. The number of rotatable bonds is 5. The van der Waals surface area contributed by atoms with Crippen LogP contribution < -0.4 is 16.2 Å². The Hall–Kier alpha value is -2.24. The van der Waals surface area contributed by atoms with Crippen LogP contribution in [0.1, 0.15) is 36.0 Å². The smallest absolute Gasteiger partial charge is 0.254 e. The maximum absolute atomic E-state index is 12.7. The van der Waals surface area contributed by atoms with Gasteiger partial charge in [-0.3, -0.25) is 9.59 Å². The predicted octanol–water partition coefficient (Wildman–Crippen LogP) is 1.15. The molecule has 1 aliphatic carbocycles. The molecule has 2 amide bonds. The van der Waals surface area contributed by atoms with Crippen LogP contribution in [-0.4, -0.2) is 36.4 Å². The van der Waals surface area contributed by atoms with Gasteiger partial charge >= 0.3 is 0 Å². The fourth-order valence-corrected chi connectivity index (χ4v) is 2.76. The van der Waals surface area contributed by atoms with E-state index in [9.17, 15) is 9.59 Å². The summed E-state index contributed by atoms with van der Waals surface area (Å²) in [5.74, 6) is -0.261. The van der Waals surface area contributed by atoms with Gasteiger partial charge in [-0.05, 0) is 31.0 Å². The van der Waals surface area contributed by atoms with Gasteiger partial charge in [0.15, 0.2) is 0 Å². The van der Waals surface area contributed by atoms with E-state index in [1.54, 1.807) is 23.1 Å². The molecule has 1 aliphatic rings. The molecule has 0 saturated heterocycles. The number of hydrogen-bond donors (Lipinski definition) is 2. The number of primary amides is 1. The molecule has 6 heteroatoms. The summed E-state index contributed by atoms with van der Waals surface area (Å²) in [6.07, 6.45) is 3.95. The van der Waals surface area contributed by atoms with Gasteiger partial charge in [0.05, 0.1) is 19.3 Å². The number of carbonyl (C=O) groups is 2. The van der Waals surface area contributed by atoms with Crippen LogP contribution in [0.15, 0.2) is 18.2 Å². The highest BCUT2D eigenvalue weighted by atomic mass is 16.5. The largest absolute Gasteiger partial charge is 0.495 e. The standard InChI is InChI=1S/C15H21N3O3/c1-21-13-8-10(6-7-12(13)16)15(20)18(9-14(17)19)11-4-2-3-5-11/h6-8,11H,2-5,9,16H2,1H3,(H2,17,19). The van der Waals surface area contributed by atoms with Gasteiger partial charge < -0.3 is 21.1 Å². The monoisotopic (exact) mass is 291 g/mol. The van der Waals surface area contributed by atoms with Crippen LogP contribution in [0.4, 0.5) is 5.69 Å². The molecule has 1 aromatic carbocycles. The van der Waals surface area contributed by atoms with Crippen molar-refractivity contribution in [3.05, 3.63) is 23.8 Å². The Labute approximate surface area is 124 Å². The summed E-state index contributed by atoms with van der Waals surface area (Å²) in [7, 11) is 1.50. The number of nitrogens with two attached hydrogens (primary N) is 2. The Kier molecular flexibility index (Phi) is 4.67. The molecule has 6 nitrogen and oxygen atoms in total. The van der Waals surface area contributed by atoms with Crippen molar-refractivity contribution in [1.29, 1.82) is 0 Å². The highest BCUT2D eigenvalue weighted by Crippen LogP contribution is 2.27. The molecule has 0 aromatic heterocycles. The zero-order valence-corrected chi connectivity index (χ0v) is 12.2. The number of benzene rings is 1. The van der Waals surface area contributed by atoms with Gasteiger partial charge in [0, 0.05) is 11.6 Å². The maximum atomic E-state index is 12.7. The number of amides is 2. The van der Waals surface area contributed by atoms with E-state index in [4.69, 9.17) is 16.2 Å². The molecular weight excluding hydrogens is 270 g/mol. The van der Waals surface area contributed by atoms with Crippen molar-refractivity contribution in [2.24, 2.45) is 5.73 Å². The Morgan fingerprint density at radius 3 is 2.57 bits per heavy atom.